The minimum absolute atomic E-state index is 1.00. The molecule has 0 N–H and O–H groups in total. The molecule has 0 radical (unpaired) electrons. The van der Waals surface area contributed by atoms with E-state index in [9.17, 15) is 0 Å². The van der Waals surface area contributed by atoms with Crippen LogP contribution in [-0.4, -0.2) is 49.1 Å². The Morgan fingerprint density at radius 3 is 2.16 bits per heavy atom. The predicted octanol–water partition coefficient (Wildman–Crippen LogP) is 3.76. The van der Waals surface area contributed by atoms with E-state index in [-0.39, 0.29) is 0 Å². The van der Waals surface area contributed by atoms with Gasteiger partial charge in [0, 0.05) is 0 Å². The maximum atomic E-state index is 2.75. The lowest BCUT2D eigenvalue weighted by atomic mass is 9.96. The van der Waals surface area contributed by atoms with Crippen molar-refractivity contribution in [3.63, 3.8) is 0 Å². The number of nitrogens with zero attached hydrogens (tertiary/aromatic N) is 2. The molecule has 0 saturated carbocycles. The molecule has 0 aromatic heterocycles. The third-order valence-corrected chi connectivity index (χ3v) is 5.19. The average molecular weight is 266 g/mol. The lowest BCUT2D eigenvalue weighted by Crippen LogP contribution is -2.29. The van der Waals surface area contributed by atoms with Gasteiger partial charge in [-0.25, -0.2) is 0 Å². The predicted molar refractivity (Wildman–Crippen MR) is 83.6 cm³/mol. The fraction of sp³-hybridized carbons (Fsp3) is 1.00. The van der Waals surface area contributed by atoms with E-state index in [4.69, 9.17) is 0 Å². The Balaban J connectivity index is 1.65. The monoisotopic (exact) mass is 266 g/mol. The van der Waals surface area contributed by atoms with Gasteiger partial charge in [0.15, 0.2) is 0 Å². The molecular weight excluding hydrogens is 232 g/mol. The van der Waals surface area contributed by atoms with E-state index < -0.39 is 0 Å². The topological polar surface area (TPSA) is 6.48 Å². The van der Waals surface area contributed by atoms with Gasteiger partial charge in [0.2, 0.25) is 0 Å². The molecule has 2 nitrogen and oxygen atoms in total. The normalized spacial score (nSPS) is 28.6. The van der Waals surface area contributed by atoms with Crippen LogP contribution in [0.25, 0.3) is 0 Å². The van der Waals surface area contributed by atoms with Crippen LogP contribution in [0.3, 0.4) is 0 Å². The van der Waals surface area contributed by atoms with Gasteiger partial charge in [-0.15, -0.1) is 0 Å². The summed E-state index contributed by atoms with van der Waals surface area (Å²) in [6.07, 6.45) is 13.1. The van der Waals surface area contributed by atoms with E-state index in [2.05, 4.69) is 16.7 Å². The van der Waals surface area contributed by atoms with Gasteiger partial charge in [-0.05, 0) is 83.7 Å². The van der Waals surface area contributed by atoms with Crippen molar-refractivity contribution in [3.8, 4) is 0 Å². The number of hydrogen-bond acceptors (Lipinski definition) is 2. The summed E-state index contributed by atoms with van der Waals surface area (Å²) in [5, 5.41) is 0. The highest BCUT2D eigenvalue weighted by Gasteiger charge is 2.17. The van der Waals surface area contributed by atoms with E-state index in [1.807, 2.05) is 0 Å². The molecule has 2 saturated heterocycles. The van der Waals surface area contributed by atoms with Crippen LogP contribution in [0.15, 0.2) is 0 Å². The minimum atomic E-state index is 1.00. The van der Waals surface area contributed by atoms with Crippen LogP contribution in [0.4, 0.5) is 0 Å². The Hall–Kier alpha value is -0.0800. The molecule has 2 rings (SSSR count). The van der Waals surface area contributed by atoms with Crippen molar-refractivity contribution >= 4 is 0 Å². The van der Waals surface area contributed by atoms with Crippen molar-refractivity contribution in [1.29, 1.82) is 0 Å². The Bertz CT molecular complexity index is 221. The third-order valence-electron chi connectivity index (χ3n) is 5.19. The second-order valence-corrected chi connectivity index (χ2v) is 6.63. The second-order valence-electron chi connectivity index (χ2n) is 6.63. The molecule has 2 aliphatic rings. The van der Waals surface area contributed by atoms with Gasteiger partial charge in [0.25, 0.3) is 0 Å². The van der Waals surface area contributed by atoms with Crippen molar-refractivity contribution in [3.05, 3.63) is 0 Å². The van der Waals surface area contributed by atoms with Crippen LogP contribution in [-0.2, 0) is 0 Å². The van der Waals surface area contributed by atoms with Gasteiger partial charge in [0.1, 0.15) is 0 Å². The lowest BCUT2D eigenvalue weighted by molar-refractivity contribution is 0.223. The molecule has 112 valence electrons. The molecule has 0 amide bonds. The molecule has 0 bridgehead atoms. The highest BCUT2D eigenvalue weighted by atomic mass is 15.1. The van der Waals surface area contributed by atoms with Crippen LogP contribution in [0.1, 0.15) is 64.7 Å². The van der Waals surface area contributed by atoms with Crippen LogP contribution >= 0.6 is 0 Å². The Morgan fingerprint density at radius 2 is 1.42 bits per heavy atom. The molecule has 2 aliphatic heterocycles. The van der Waals surface area contributed by atoms with E-state index in [0.717, 1.165) is 5.92 Å². The highest BCUT2D eigenvalue weighted by Crippen LogP contribution is 2.21. The van der Waals surface area contributed by atoms with Crippen molar-refractivity contribution in [2.75, 3.05) is 39.3 Å². The standard InChI is InChI=1S/C17H34N2/c1-2-18-14-8-9-17(10-15-18)11-16-19-12-6-4-3-5-7-13-19/h17H,2-16H2,1H3. The maximum absolute atomic E-state index is 2.75. The zero-order chi connectivity index (χ0) is 13.3. The first-order chi connectivity index (χ1) is 9.38. The molecule has 19 heavy (non-hydrogen) atoms. The summed E-state index contributed by atoms with van der Waals surface area (Å²) in [5.74, 6) is 1.00. The van der Waals surface area contributed by atoms with Gasteiger partial charge in [-0.1, -0.05) is 26.2 Å². The fourth-order valence-corrected chi connectivity index (χ4v) is 3.73. The lowest BCUT2D eigenvalue weighted by Gasteiger charge is -2.26. The van der Waals surface area contributed by atoms with Crippen molar-refractivity contribution < 1.29 is 0 Å². The number of rotatable bonds is 4. The minimum Gasteiger partial charge on any atom is -0.304 e. The summed E-state index contributed by atoms with van der Waals surface area (Å²) >= 11 is 0. The quantitative estimate of drug-likeness (QED) is 0.764. The first kappa shape index (κ1) is 15.3. The molecule has 1 atom stereocenters. The van der Waals surface area contributed by atoms with Gasteiger partial charge in [0.05, 0.1) is 0 Å². The molecule has 2 heteroatoms. The largest absolute Gasteiger partial charge is 0.304 e. The Morgan fingerprint density at radius 1 is 0.737 bits per heavy atom. The van der Waals surface area contributed by atoms with Crippen LogP contribution < -0.4 is 0 Å². The molecule has 0 aromatic rings. The molecule has 0 aliphatic carbocycles. The van der Waals surface area contributed by atoms with Gasteiger partial charge < -0.3 is 9.80 Å². The van der Waals surface area contributed by atoms with E-state index in [0.29, 0.717) is 0 Å². The summed E-state index contributed by atoms with van der Waals surface area (Å²) in [5.41, 5.74) is 0. The highest BCUT2D eigenvalue weighted by molar-refractivity contribution is 4.72. The summed E-state index contributed by atoms with van der Waals surface area (Å²) in [6, 6.07) is 0. The zero-order valence-electron chi connectivity index (χ0n) is 13.1. The molecule has 2 fully saturated rings. The summed E-state index contributed by atoms with van der Waals surface area (Å²) in [4.78, 5) is 5.39. The molecular formula is C17H34N2. The molecule has 0 spiro atoms. The smallest absolute Gasteiger partial charge is 0.00161 e. The van der Waals surface area contributed by atoms with Crippen LogP contribution in [0.2, 0.25) is 0 Å². The maximum Gasteiger partial charge on any atom is -0.00161 e. The Labute approximate surface area is 120 Å². The van der Waals surface area contributed by atoms with Gasteiger partial charge >= 0.3 is 0 Å². The first-order valence-electron chi connectivity index (χ1n) is 8.83. The number of likely N-dealkylation sites (tertiary alicyclic amines) is 2. The zero-order valence-corrected chi connectivity index (χ0v) is 13.1. The average Bonchev–Trinajstić information content (AvgIpc) is 2.62. The Kier molecular flexibility index (Phi) is 7.23. The SMILES string of the molecule is CCN1CCCC(CCN2CCCCCCC2)CC1. The summed E-state index contributed by atoms with van der Waals surface area (Å²) < 4.78 is 0. The van der Waals surface area contributed by atoms with Crippen LogP contribution in [0, 0.1) is 5.92 Å². The second kappa shape index (κ2) is 8.97. The van der Waals surface area contributed by atoms with Gasteiger partial charge in [-0.3, -0.25) is 0 Å². The third kappa shape index (κ3) is 5.83. The molecule has 1 unspecified atom stereocenters. The van der Waals surface area contributed by atoms with Crippen molar-refractivity contribution in [2.24, 2.45) is 5.92 Å². The van der Waals surface area contributed by atoms with E-state index in [1.54, 1.807) is 0 Å². The molecule has 2 heterocycles. The number of hydrogen-bond donors (Lipinski definition) is 0. The van der Waals surface area contributed by atoms with Crippen LogP contribution in [0.5, 0.6) is 0 Å². The van der Waals surface area contributed by atoms with Gasteiger partial charge in [-0.2, -0.15) is 0 Å². The van der Waals surface area contributed by atoms with E-state index in [1.165, 1.54) is 97.1 Å². The summed E-state index contributed by atoms with van der Waals surface area (Å²) in [7, 11) is 0. The molecule has 0 aromatic carbocycles. The van der Waals surface area contributed by atoms with E-state index >= 15 is 0 Å². The van der Waals surface area contributed by atoms with Crippen molar-refractivity contribution in [2.45, 2.75) is 64.7 Å². The fourth-order valence-electron chi connectivity index (χ4n) is 3.73. The summed E-state index contributed by atoms with van der Waals surface area (Å²) in [6.45, 7) is 10.4. The first-order valence-corrected chi connectivity index (χ1v) is 8.83. The van der Waals surface area contributed by atoms with Crippen molar-refractivity contribution in [1.82, 2.24) is 9.80 Å².